The van der Waals surface area contributed by atoms with Gasteiger partial charge in [-0.2, -0.15) is 0 Å². The first-order chi connectivity index (χ1) is 11.9. The van der Waals surface area contributed by atoms with Crippen molar-refractivity contribution in [3.8, 4) is 5.75 Å². The van der Waals surface area contributed by atoms with Crippen molar-refractivity contribution in [1.82, 2.24) is 5.32 Å². The molecule has 2 aromatic rings. The highest BCUT2D eigenvalue weighted by Crippen LogP contribution is 2.28. The average molecular weight is 386 g/mol. The Balaban J connectivity index is 1.79. The lowest BCUT2D eigenvalue weighted by atomic mass is 10.2. The maximum atomic E-state index is 11.9. The van der Waals surface area contributed by atoms with E-state index in [1.807, 2.05) is 0 Å². The van der Waals surface area contributed by atoms with Crippen LogP contribution in [0.3, 0.4) is 0 Å². The van der Waals surface area contributed by atoms with E-state index in [1.165, 1.54) is 19.3 Å². The van der Waals surface area contributed by atoms with E-state index in [1.54, 1.807) is 31.2 Å². The van der Waals surface area contributed by atoms with Crippen LogP contribution < -0.4 is 10.1 Å². The second-order valence-electron chi connectivity index (χ2n) is 5.25. The monoisotopic (exact) mass is 385 g/mol. The number of esters is 1. The molecule has 1 aromatic carbocycles. The summed E-state index contributed by atoms with van der Waals surface area (Å²) in [5.41, 5.74) is 0. The Morgan fingerprint density at radius 1 is 1.24 bits per heavy atom. The molecular formula is C17H17Cl2NO5. The van der Waals surface area contributed by atoms with Crippen LogP contribution in [0.2, 0.25) is 10.0 Å². The summed E-state index contributed by atoms with van der Waals surface area (Å²) in [6, 6.07) is 7.76. The molecule has 1 N–H and O–H groups in total. The molecule has 0 saturated carbocycles. The number of benzene rings is 1. The quantitative estimate of drug-likeness (QED) is 0.733. The first kappa shape index (κ1) is 19.1. The molecule has 0 radical (unpaired) electrons. The van der Waals surface area contributed by atoms with Crippen LogP contribution in [-0.2, 0) is 14.3 Å². The fraction of sp³-hybridized carbons (Fsp3) is 0.294. The van der Waals surface area contributed by atoms with Crippen molar-refractivity contribution in [1.29, 1.82) is 0 Å². The van der Waals surface area contributed by atoms with Gasteiger partial charge in [-0.3, -0.25) is 4.79 Å². The Morgan fingerprint density at radius 3 is 2.64 bits per heavy atom. The largest absolute Gasteiger partial charge is 0.477 e. The van der Waals surface area contributed by atoms with Gasteiger partial charge in [0.2, 0.25) is 0 Å². The molecule has 8 heteroatoms. The topological polar surface area (TPSA) is 77.8 Å². The summed E-state index contributed by atoms with van der Waals surface area (Å²) in [6.07, 6.45) is 0.577. The average Bonchev–Trinajstić information content (AvgIpc) is 3.09. The predicted octanol–water partition coefficient (Wildman–Crippen LogP) is 3.77. The summed E-state index contributed by atoms with van der Waals surface area (Å²) < 4.78 is 15.5. The zero-order chi connectivity index (χ0) is 18.4. The van der Waals surface area contributed by atoms with E-state index in [0.717, 1.165) is 0 Å². The number of halogens is 2. The third-order valence-electron chi connectivity index (χ3n) is 3.22. The number of carbonyl (C=O) groups excluding carboxylic acids is 2. The van der Waals surface area contributed by atoms with Crippen LogP contribution in [-0.4, -0.2) is 24.6 Å². The molecule has 6 nitrogen and oxygen atoms in total. The Bertz CT molecular complexity index is 733. The molecular weight excluding hydrogens is 369 g/mol. The van der Waals surface area contributed by atoms with E-state index in [-0.39, 0.29) is 11.1 Å². The SMILES string of the molecule is C[C@H](NC(=O)COC(=O)[C@@H](C)Oc1ccc(Cl)cc1Cl)c1ccco1. The number of amides is 1. The molecule has 0 aliphatic carbocycles. The van der Waals surface area contributed by atoms with Gasteiger partial charge in [0.05, 0.1) is 17.3 Å². The zero-order valence-electron chi connectivity index (χ0n) is 13.6. The minimum Gasteiger partial charge on any atom is -0.477 e. The van der Waals surface area contributed by atoms with Gasteiger partial charge < -0.3 is 19.2 Å². The fourth-order valence-corrected chi connectivity index (χ4v) is 2.41. The fourth-order valence-electron chi connectivity index (χ4n) is 1.96. The minimum absolute atomic E-state index is 0.275. The molecule has 0 fully saturated rings. The van der Waals surface area contributed by atoms with Crippen LogP contribution in [0.4, 0.5) is 0 Å². The smallest absolute Gasteiger partial charge is 0.347 e. The van der Waals surface area contributed by atoms with Crippen molar-refractivity contribution in [3.05, 3.63) is 52.4 Å². The Hall–Kier alpha value is -2.18. The van der Waals surface area contributed by atoms with Gasteiger partial charge >= 0.3 is 5.97 Å². The second kappa shape index (κ2) is 8.78. The summed E-state index contributed by atoms with van der Waals surface area (Å²) >= 11 is 11.8. The summed E-state index contributed by atoms with van der Waals surface area (Å²) in [4.78, 5) is 23.7. The highest BCUT2D eigenvalue weighted by Gasteiger charge is 2.20. The maximum absolute atomic E-state index is 11.9. The van der Waals surface area contributed by atoms with Gasteiger partial charge in [0.15, 0.2) is 12.7 Å². The second-order valence-corrected chi connectivity index (χ2v) is 6.09. The number of ether oxygens (including phenoxy) is 2. The minimum atomic E-state index is -0.936. The number of nitrogens with one attached hydrogen (secondary N) is 1. The molecule has 0 saturated heterocycles. The number of furan rings is 1. The first-order valence-electron chi connectivity index (χ1n) is 7.48. The summed E-state index contributed by atoms with van der Waals surface area (Å²) in [5.74, 6) is -0.235. The summed E-state index contributed by atoms with van der Waals surface area (Å²) in [7, 11) is 0. The van der Waals surface area contributed by atoms with Crippen LogP contribution in [0.25, 0.3) is 0 Å². The first-order valence-corrected chi connectivity index (χ1v) is 8.23. The van der Waals surface area contributed by atoms with Crippen molar-refractivity contribution < 1.29 is 23.5 Å². The van der Waals surface area contributed by atoms with E-state index in [2.05, 4.69) is 5.32 Å². The van der Waals surface area contributed by atoms with Gasteiger partial charge in [-0.15, -0.1) is 0 Å². The molecule has 0 aliphatic heterocycles. The Labute approximate surface area is 155 Å². The third-order valence-corrected chi connectivity index (χ3v) is 3.75. The molecule has 2 atom stereocenters. The van der Waals surface area contributed by atoms with Crippen LogP contribution in [0.1, 0.15) is 25.6 Å². The summed E-state index contributed by atoms with van der Waals surface area (Å²) in [5, 5.41) is 3.38. The van der Waals surface area contributed by atoms with Crippen LogP contribution in [0.5, 0.6) is 5.75 Å². The van der Waals surface area contributed by atoms with E-state index in [9.17, 15) is 9.59 Å². The molecule has 0 aliphatic rings. The number of hydrogen-bond donors (Lipinski definition) is 1. The van der Waals surface area contributed by atoms with Crippen LogP contribution in [0.15, 0.2) is 41.0 Å². The molecule has 2 rings (SSSR count). The van der Waals surface area contributed by atoms with Gasteiger partial charge in [-0.25, -0.2) is 4.79 Å². The normalized spacial score (nSPS) is 13.0. The van der Waals surface area contributed by atoms with Crippen molar-refractivity contribution in [2.24, 2.45) is 0 Å². The van der Waals surface area contributed by atoms with Gasteiger partial charge in [0.25, 0.3) is 5.91 Å². The van der Waals surface area contributed by atoms with Crippen molar-refractivity contribution in [2.45, 2.75) is 26.0 Å². The van der Waals surface area contributed by atoms with Gasteiger partial charge in [0.1, 0.15) is 11.5 Å². The third kappa shape index (κ3) is 5.69. The molecule has 1 aromatic heterocycles. The Morgan fingerprint density at radius 2 is 2.00 bits per heavy atom. The lowest BCUT2D eigenvalue weighted by Gasteiger charge is -2.16. The summed E-state index contributed by atoms with van der Waals surface area (Å²) in [6.45, 7) is 2.83. The highest BCUT2D eigenvalue weighted by atomic mass is 35.5. The number of carbonyl (C=O) groups is 2. The molecule has 0 bridgehead atoms. The molecule has 134 valence electrons. The van der Waals surface area contributed by atoms with Gasteiger partial charge in [-0.1, -0.05) is 23.2 Å². The van der Waals surface area contributed by atoms with Gasteiger partial charge in [0, 0.05) is 5.02 Å². The Kier molecular flexibility index (Phi) is 6.73. The number of hydrogen-bond acceptors (Lipinski definition) is 5. The van der Waals surface area contributed by atoms with Crippen molar-refractivity contribution in [3.63, 3.8) is 0 Å². The van der Waals surface area contributed by atoms with E-state index >= 15 is 0 Å². The maximum Gasteiger partial charge on any atom is 0.347 e. The predicted molar refractivity (Wildman–Crippen MR) is 92.8 cm³/mol. The standard InChI is InChI=1S/C17H17Cl2NO5/c1-10(14-4-3-7-23-14)20-16(21)9-24-17(22)11(2)25-15-6-5-12(18)8-13(15)19/h3-8,10-11H,9H2,1-2H3,(H,20,21)/t10-,11+/m0/s1. The van der Waals surface area contributed by atoms with Crippen LogP contribution >= 0.6 is 23.2 Å². The lowest BCUT2D eigenvalue weighted by Crippen LogP contribution is -2.34. The van der Waals surface area contributed by atoms with E-state index in [0.29, 0.717) is 16.5 Å². The zero-order valence-corrected chi connectivity index (χ0v) is 15.1. The molecule has 0 unspecified atom stereocenters. The van der Waals surface area contributed by atoms with E-state index in [4.69, 9.17) is 37.1 Å². The van der Waals surface area contributed by atoms with Gasteiger partial charge in [-0.05, 0) is 44.2 Å². The molecule has 25 heavy (non-hydrogen) atoms. The molecule has 0 spiro atoms. The molecule has 1 amide bonds. The van der Waals surface area contributed by atoms with Crippen LogP contribution in [0, 0.1) is 0 Å². The van der Waals surface area contributed by atoms with Crippen molar-refractivity contribution in [2.75, 3.05) is 6.61 Å². The van der Waals surface area contributed by atoms with Crippen molar-refractivity contribution >= 4 is 35.1 Å². The molecule has 1 heterocycles. The highest BCUT2D eigenvalue weighted by molar-refractivity contribution is 6.35. The lowest BCUT2D eigenvalue weighted by molar-refractivity contribution is -0.154. The number of rotatable bonds is 7. The van der Waals surface area contributed by atoms with E-state index < -0.39 is 24.6 Å².